The van der Waals surface area contributed by atoms with Crippen molar-refractivity contribution in [2.45, 2.75) is 0 Å². The van der Waals surface area contributed by atoms with E-state index in [2.05, 4.69) is 15.3 Å². The van der Waals surface area contributed by atoms with Gasteiger partial charge in [0.25, 0.3) is 11.6 Å². The van der Waals surface area contributed by atoms with Gasteiger partial charge in [-0.05, 0) is 35.7 Å². The van der Waals surface area contributed by atoms with E-state index < -0.39 is 10.8 Å². The number of hydrogen-bond acceptors (Lipinski definition) is 6. The zero-order chi connectivity index (χ0) is 20.5. The lowest BCUT2D eigenvalue weighted by molar-refractivity contribution is -0.384. The first kappa shape index (κ1) is 18.6. The highest BCUT2D eigenvalue weighted by Gasteiger charge is 2.18. The average Bonchev–Trinajstić information content (AvgIpc) is 3.36. The molecule has 2 heterocycles. The average molecular weight is 407 g/mol. The predicted molar refractivity (Wildman–Crippen MR) is 115 cm³/mol. The number of nitrogens with zero attached hydrogens (tertiary/aromatic N) is 3. The molecule has 0 atom stereocenters. The number of aromatic amines is 1. The summed E-state index contributed by atoms with van der Waals surface area (Å²) in [5, 5.41) is 15.9. The molecular formula is C20H17N5O3S. The number of thiophene rings is 1. The van der Waals surface area contributed by atoms with Crippen LogP contribution < -0.4 is 10.2 Å². The van der Waals surface area contributed by atoms with Gasteiger partial charge in [-0.15, -0.1) is 11.3 Å². The number of nitro groups is 1. The van der Waals surface area contributed by atoms with Gasteiger partial charge in [0.05, 0.1) is 26.4 Å². The normalized spacial score (nSPS) is 10.8. The van der Waals surface area contributed by atoms with Gasteiger partial charge in [0.2, 0.25) is 0 Å². The van der Waals surface area contributed by atoms with Crippen molar-refractivity contribution >= 4 is 45.3 Å². The van der Waals surface area contributed by atoms with Gasteiger partial charge in [0, 0.05) is 37.6 Å². The second-order valence-corrected chi connectivity index (χ2v) is 7.55. The van der Waals surface area contributed by atoms with E-state index >= 15 is 0 Å². The molecule has 0 aliphatic heterocycles. The monoisotopic (exact) mass is 407 g/mol. The van der Waals surface area contributed by atoms with Crippen molar-refractivity contribution in [3.05, 3.63) is 69.6 Å². The number of fused-ring (bicyclic) bond motifs is 1. The number of benzene rings is 2. The Balaban J connectivity index is 1.65. The number of carbonyl (C=O) groups is 1. The van der Waals surface area contributed by atoms with E-state index in [-0.39, 0.29) is 11.3 Å². The van der Waals surface area contributed by atoms with Crippen LogP contribution in [0, 0.1) is 10.1 Å². The molecule has 0 aliphatic rings. The summed E-state index contributed by atoms with van der Waals surface area (Å²) in [6, 6.07) is 13.5. The summed E-state index contributed by atoms with van der Waals surface area (Å²) in [5.41, 5.74) is 2.84. The number of carbonyl (C=O) groups excluding carboxylic acids is 1. The molecule has 0 saturated heterocycles. The fourth-order valence-corrected chi connectivity index (χ4v) is 3.69. The van der Waals surface area contributed by atoms with Crippen LogP contribution >= 0.6 is 11.3 Å². The minimum absolute atomic E-state index is 0.134. The van der Waals surface area contributed by atoms with E-state index in [1.165, 1.54) is 12.1 Å². The van der Waals surface area contributed by atoms with Gasteiger partial charge in [0.15, 0.2) is 0 Å². The second kappa shape index (κ2) is 7.36. The highest BCUT2D eigenvalue weighted by molar-refractivity contribution is 7.13. The Labute approximate surface area is 170 Å². The maximum Gasteiger partial charge on any atom is 0.270 e. The molecule has 8 nitrogen and oxygen atoms in total. The van der Waals surface area contributed by atoms with Crippen molar-refractivity contribution in [2.75, 3.05) is 24.3 Å². The van der Waals surface area contributed by atoms with Gasteiger partial charge in [-0.1, -0.05) is 6.07 Å². The van der Waals surface area contributed by atoms with Crippen molar-refractivity contribution < 1.29 is 9.72 Å². The highest BCUT2D eigenvalue weighted by Crippen LogP contribution is 2.28. The molecule has 0 fully saturated rings. The molecule has 4 aromatic rings. The quantitative estimate of drug-likeness (QED) is 0.374. The first-order valence-electron chi connectivity index (χ1n) is 8.73. The van der Waals surface area contributed by atoms with E-state index in [1.54, 1.807) is 48.5 Å². The number of hydrogen-bond donors (Lipinski definition) is 2. The molecule has 2 N–H and O–H groups in total. The molecule has 0 bridgehead atoms. The third-order valence-electron chi connectivity index (χ3n) is 4.41. The number of aromatic nitrogens is 2. The Bertz CT molecular complexity index is 1210. The van der Waals surface area contributed by atoms with E-state index in [0.717, 1.165) is 21.7 Å². The molecule has 1 amide bonds. The maximum absolute atomic E-state index is 12.9. The zero-order valence-corrected chi connectivity index (χ0v) is 16.5. The van der Waals surface area contributed by atoms with Crippen molar-refractivity contribution in [1.82, 2.24) is 9.97 Å². The number of rotatable bonds is 5. The number of nitrogens with one attached hydrogen (secondary N) is 2. The molecule has 0 aliphatic carbocycles. The minimum Gasteiger partial charge on any atom is -0.377 e. The van der Waals surface area contributed by atoms with Crippen LogP contribution in [-0.2, 0) is 0 Å². The fourth-order valence-electron chi connectivity index (χ4n) is 3.03. The number of nitro benzene ring substituents is 1. The van der Waals surface area contributed by atoms with Crippen molar-refractivity contribution in [2.24, 2.45) is 0 Å². The maximum atomic E-state index is 12.9. The molecule has 29 heavy (non-hydrogen) atoms. The van der Waals surface area contributed by atoms with E-state index in [0.29, 0.717) is 11.4 Å². The SMILES string of the molecule is CN(C)c1ccc([N+](=O)[O-])cc1C(=O)Nc1ccc2nc(-c3cccs3)[nH]c2c1. The Hall–Kier alpha value is -3.72. The largest absolute Gasteiger partial charge is 0.377 e. The number of H-pyrrole nitrogens is 1. The number of anilines is 2. The van der Waals surface area contributed by atoms with E-state index in [4.69, 9.17) is 0 Å². The van der Waals surface area contributed by atoms with Crippen molar-refractivity contribution in [3.8, 4) is 10.7 Å². The summed E-state index contributed by atoms with van der Waals surface area (Å²) in [7, 11) is 3.56. The van der Waals surface area contributed by atoms with Gasteiger partial charge in [0.1, 0.15) is 5.82 Å². The molecule has 0 unspecified atom stereocenters. The van der Waals surface area contributed by atoms with Crippen LogP contribution in [0.3, 0.4) is 0 Å². The van der Waals surface area contributed by atoms with Crippen LogP contribution in [0.5, 0.6) is 0 Å². The van der Waals surface area contributed by atoms with Crippen LogP contribution in [0.15, 0.2) is 53.9 Å². The number of amides is 1. The Morgan fingerprint density at radius 1 is 1.21 bits per heavy atom. The summed E-state index contributed by atoms with van der Waals surface area (Å²) < 4.78 is 0. The van der Waals surface area contributed by atoms with Crippen molar-refractivity contribution in [3.63, 3.8) is 0 Å². The molecule has 0 saturated carbocycles. The van der Waals surface area contributed by atoms with Crippen LogP contribution in [0.4, 0.5) is 17.1 Å². The third-order valence-corrected chi connectivity index (χ3v) is 5.29. The molecule has 4 rings (SSSR count). The van der Waals surface area contributed by atoms with Gasteiger partial charge in [-0.25, -0.2) is 4.98 Å². The van der Waals surface area contributed by atoms with Crippen molar-refractivity contribution in [1.29, 1.82) is 0 Å². The molecule has 0 radical (unpaired) electrons. The molecule has 2 aromatic heterocycles. The Morgan fingerprint density at radius 3 is 2.72 bits per heavy atom. The molecule has 2 aromatic carbocycles. The summed E-state index contributed by atoms with van der Waals surface area (Å²) in [6.07, 6.45) is 0. The molecule has 0 spiro atoms. The highest BCUT2D eigenvalue weighted by atomic mass is 32.1. The fraction of sp³-hybridized carbons (Fsp3) is 0.100. The van der Waals surface area contributed by atoms with Gasteiger partial charge < -0.3 is 15.2 Å². The third kappa shape index (κ3) is 3.67. The lowest BCUT2D eigenvalue weighted by atomic mass is 10.1. The predicted octanol–water partition coefficient (Wildman–Crippen LogP) is 4.52. The minimum atomic E-state index is -0.515. The first-order chi connectivity index (χ1) is 13.9. The summed E-state index contributed by atoms with van der Waals surface area (Å²) >= 11 is 1.59. The Kier molecular flexibility index (Phi) is 4.73. The zero-order valence-electron chi connectivity index (χ0n) is 15.7. The Morgan fingerprint density at radius 2 is 2.03 bits per heavy atom. The topological polar surface area (TPSA) is 104 Å². The first-order valence-corrected chi connectivity index (χ1v) is 9.61. The summed E-state index contributed by atoms with van der Waals surface area (Å²) in [4.78, 5) is 34.0. The lowest BCUT2D eigenvalue weighted by Gasteiger charge is -2.17. The van der Waals surface area contributed by atoms with Crippen LogP contribution in [0.25, 0.3) is 21.7 Å². The van der Waals surface area contributed by atoms with Crippen LogP contribution in [0.1, 0.15) is 10.4 Å². The van der Waals surface area contributed by atoms with Gasteiger partial charge >= 0.3 is 0 Å². The standard InChI is InChI=1S/C20H17N5O3S/c1-24(2)17-8-6-13(25(27)28)11-14(17)20(26)21-12-5-7-15-16(10-12)23-19(22-15)18-4-3-9-29-18/h3-11H,1-2H3,(H,21,26)(H,22,23). The lowest BCUT2D eigenvalue weighted by Crippen LogP contribution is -2.18. The molecule has 9 heteroatoms. The smallest absolute Gasteiger partial charge is 0.270 e. The molecule has 146 valence electrons. The molecular weight excluding hydrogens is 390 g/mol. The van der Waals surface area contributed by atoms with Crippen LogP contribution in [0.2, 0.25) is 0 Å². The van der Waals surface area contributed by atoms with Gasteiger partial charge in [-0.3, -0.25) is 14.9 Å². The van der Waals surface area contributed by atoms with E-state index in [1.807, 2.05) is 23.6 Å². The van der Waals surface area contributed by atoms with Gasteiger partial charge in [-0.2, -0.15) is 0 Å². The van der Waals surface area contributed by atoms with Crippen LogP contribution in [-0.4, -0.2) is 34.9 Å². The summed E-state index contributed by atoms with van der Waals surface area (Å²) in [5.74, 6) is 0.349. The summed E-state index contributed by atoms with van der Waals surface area (Å²) in [6.45, 7) is 0. The number of non-ortho nitro benzene ring substituents is 1. The number of imidazole rings is 1. The van der Waals surface area contributed by atoms with E-state index in [9.17, 15) is 14.9 Å². The second-order valence-electron chi connectivity index (χ2n) is 6.60.